The third kappa shape index (κ3) is 18.1. The Labute approximate surface area is 602 Å². The molecular formula is C85H68ClN3O9S3. The van der Waals surface area contributed by atoms with Crippen LogP contribution in [0.25, 0.3) is 64.9 Å². The molecule has 502 valence electrons. The van der Waals surface area contributed by atoms with Crippen molar-refractivity contribution in [1.29, 1.82) is 0 Å². The summed E-state index contributed by atoms with van der Waals surface area (Å²) in [7, 11) is 0. The van der Waals surface area contributed by atoms with Crippen LogP contribution in [0.3, 0.4) is 0 Å². The number of hydrogen-bond donors (Lipinski definition) is 3. The number of benzene rings is 9. The Morgan fingerprint density at radius 3 is 1.78 bits per heavy atom. The molecule has 5 heterocycles. The van der Waals surface area contributed by atoms with Gasteiger partial charge in [0, 0.05) is 81.2 Å². The molecule has 0 saturated carbocycles. The number of aliphatic hydroxyl groups excluding tert-OH is 1. The molecule has 16 heteroatoms. The third-order valence-electron chi connectivity index (χ3n) is 16.3. The van der Waals surface area contributed by atoms with E-state index in [4.69, 9.17) is 21.8 Å². The topological polar surface area (TPSA) is 202 Å². The predicted octanol–water partition coefficient (Wildman–Crippen LogP) is 20.9. The summed E-state index contributed by atoms with van der Waals surface area (Å²) in [6, 6.07) is 72.1. The van der Waals surface area contributed by atoms with Gasteiger partial charge in [-0.2, -0.15) is 0 Å². The van der Waals surface area contributed by atoms with Crippen LogP contribution >= 0.6 is 45.6 Å². The Balaban J connectivity index is 0.000000128. The fourth-order valence-corrected chi connectivity index (χ4v) is 14.4. The molecule has 2 aliphatic carbocycles. The quantitative estimate of drug-likeness (QED) is 0.110. The van der Waals surface area contributed by atoms with Crippen molar-refractivity contribution in [2.45, 2.75) is 54.6 Å². The summed E-state index contributed by atoms with van der Waals surface area (Å²) in [4.78, 5) is 93.6. The van der Waals surface area contributed by atoms with Crippen molar-refractivity contribution in [2.24, 2.45) is 0 Å². The molecule has 0 amide bonds. The number of H-pyrrole nitrogens is 1. The number of pyridine rings is 1. The Kier molecular flexibility index (Phi) is 24.4. The minimum atomic E-state index is -0.00801. The van der Waals surface area contributed by atoms with Gasteiger partial charge >= 0.3 is 0 Å². The molecule has 0 bridgehead atoms. The summed E-state index contributed by atoms with van der Waals surface area (Å²) < 4.78 is 1.13. The first-order valence-electron chi connectivity index (χ1n) is 32.0. The average molecular weight is 1410 g/mol. The fourth-order valence-electron chi connectivity index (χ4n) is 11.0. The van der Waals surface area contributed by atoms with Crippen LogP contribution in [0, 0.1) is 13.8 Å². The van der Waals surface area contributed by atoms with E-state index in [1.54, 1.807) is 80.2 Å². The lowest BCUT2D eigenvalue weighted by Gasteiger charge is -2.04. The highest BCUT2D eigenvalue weighted by molar-refractivity contribution is 7.38. The number of aromatic amines is 1. The number of carbonyl (C=O) groups is 7. The summed E-state index contributed by atoms with van der Waals surface area (Å²) >= 11 is 10.5. The van der Waals surface area contributed by atoms with E-state index >= 15 is 0 Å². The number of rotatable bonds is 10. The van der Waals surface area contributed by atoms with Crippen molar-refractivity contribution < 1.29 is 43.8 Å². The lowest BCUT2D eigenvalue weighted by Crippen LogP contribution is -2.02. The van der Waals surface area contributed by atoms with Crippen LogP contribution in [0.2, 0.25) is 5.02 Å². The standard InChI is InChI=1S/C15H10O2.C15H14O.C14H12O2.C13H8O2S.C12H11N.C8H5ClOS2.C8H8N2O/c1-9(16)10-7-4-8-13-14(10)11-5-2-3-6-12(11)15(13)17;1-11-3-5-14(6-4-11)15-9-7-13(8-10-15)12(2)16;15-13-8-6-12(7-9-13)14(16)10-11-4-2-1-3-5-11;1-7(14)8-2-3-9-11(6-8)10-4-5-16-13(10)12(9)15;1-10-4-2-5-11(8-10)12-6-3-7-13-9-12;1-4(10)7-6(9)5-2-3-11-8(5)12-7;11-4-6-1-2-7-8(3-6)10-5-9-7/h2-8H,1H3;3-10H,1-2H3;1-9,15H,10H2;2-6H,1H3;2-9H,1H3;2-3H,1H3;1-3,5,11H,4H2,(H,9,10). The van der Waals surface area contributed by atoms with Crippen LogP contribution in [-0.2, 0) is 13.0 Å². The second kappa shape index (κ2) is 34.0. The van der Waals surface area contributed by atoms with Crippen molar-refractivity contribution in [3.8, 4) is 50.3 Å². The monoisotopic (exact) mass is 1410 g/mol. The van der Waals surface area contributed by atoms with E-state index in [0.29, 0.717) is 49.7 Å². The molecule has 3 N–H and O–H groups in total. The highest BCUT2D eigenvalue weighted by atomic mass is 35.5. The number of Topliss-reactive ketones (excluding diaryl/α,β-unsaturated/α-hetero) is 5. The zero-order chi connectivity index (χ0) is 71.7. The number of aromatic hydroxyl groups is 1. The van der Waals surface area contributed by atoms with E-state index in [2.05, 4.69) is 83.4 Å². The molecule has 9 aromatic carbocycles. The minimum absolute atomic E-state index is 0.00801. The lowest BCUT2D eigenvalue weighted by molar-refractivity contribution is 0.0987. The molecule has 0 aliphatic heterocycles. The number of nitrogens with zero attached hydrogens (tertiary/aromatic N) is 2. The number of aromatic nitrogens is 3. The molecule has 101 heavy (non-hydrogen) atoms. The van der Waals surface area contributed by atoms with Crippen LogP contribution in [0.1, 0.15) is 132 Å². The summed E-state index contributed by atoms with van der Waals surface area (Å²) in [5, 5.41) is 23.4. The molecule has 0 spiro atoms. The van der Waals surface area contributed by atoms with Gasteiger partial charge in [0.2, 0.25) is 5.78 Å². The predicted molar refractivity (Wildman–Crippen MR) is 409 cm³/mol. The van der Waals surface area contributed by atoms with E-state index in [-0.39, 0.29) is 52.8 Å². The highest BCUT2D eigenvalue weighted by Crippen LogP contribution is 2.42. The number of phenolic OH excluding ortho intramolecular Hbond substituents is 1. The van der Waals surface area contributed by atoms with Crippen LogP contribution in [0.5, 0.6) is 5.75 Å². The highest BCUT2D eigenvalue weighted by Gasteiger charge is 2.30. The van der Waals surface area contributed by atoms with E-state index in [0.717, 1.165) is 69.8 Å². The van der Waals surface area contributed by atoms with E-state index in [9.17, 15) is 33.6 Å². The van der Waals surface area contributed by atoms with Gasteiger partial charge in [-0.1, -0.05) is 187 Å². The van der Waals surface area contributed by atoms with Gasteiger partial charge in [-0.05, 0) is 157 Å². The molecule has 14 aromatic rings. The van der Waals surface area contributed by atoms with Crippen LogP contribution in [0.4, 0.5) is 0 Å². The maximum Gasteiger partial charge on any atom is 0.204 e. The van der Waals surface area contributed by atoms with Crippen molar-refractivity contribution in [1.82, 2.24) is 15.0 Å². The van der Waals surface area contributed by atoms with Gasteiger partial charge in [-0.25, -0.2) is 4.98 Å². The minimum Gasteiger partial charge on any atom is -0.508 e. The lowest BCUT2D eigenvalue weighted by atomic mass is 9.97. The summed E-state index contributed by atoms with van der Waals surface area (Å²) in [5.41, 5.74) is 19.3. The summed E-state index contributed by atoms with van der Waals surface area (Å²) in [6.45, 7) is 10.4. The molecule has 5 aromatic heterocycles. The molecular weight excluding hydrogens is 1340 g/mol. The van der Waals surface area contributed by atoms with E-state index in [1.165, 1.54) is 76.5 Å². The van der Waals surface area contributed by atoms with Crippen LogP contribution in [0.15, 0.2) is 260 Å². The van der Waals surface area contributed by atoms with Gasteiger partial charge in [-0.3, -0.25) is 38.5 Å². The van der Waals surface area contributed by atoms with Crippen LogP contribution in [-0.4, -0.2) is 65.6 Å². The largest absolute Gasteiger partial charge is 0.508 e. The maximum atomic E-state index is 12.2. The number of halogens is 1. The number of imidazole rings is 1. The van der Waals surface area contributed by atoms with Crippen molar-refractivity contribution in [3.05, 3.63) is 336 Å². The fraction of sp³-hybridized carbons (Fsp3) is 0.0941. The van der Waals surface area contributed by atoms with E-state index in [1.807, 2.05) is 138 Å². The number of phenols is 1. The summed E-state index contributed by atoms with van der Waals surface area (Å²) in [5.74, 6) is 0.505. The Bertz CT molecular complexity index is 5310. The van der Waals surface area contributed by atoms with Gasteiger partial charge in [0.05, 0.1) is 42.8 Å². The first-order chi connectivity index (χ1) is 48.8. The van der Waals surface area contributed by atoms with Gasteiger partial charge in [-0.15, -0.1) is 34.0 Å². The summed E-state index contributed by atoms with van der Waals surface area (Å²) in [6.07, 6.45) is 5.71. The second-order valence-corrected chi connectivity index (χ2v) is 27.0. The Morgan fingerprint density at radius 1 is 0.495 bits per heavy atom. The number of hydrogen-bond acceptors (Lipinski definition) is 14. The normalized spacial score (nSPS) is 10.9. The number of aryl methyl sites for hydroxylation is 2. The number of thiophene rings is 3. The zero-order valence-corrected chi connectivity index (χ0v) is 59.2. The maximum absolute atomic E-state index is 12.2. The number of fused-ring (bicyclic) bond motifs is 8. The van der Waals surface area contributed by atoms with Crippen molar-refractivity contribution in [3.63, 3.8) is 0 Å². The van der Waals surface area contributed by atoms with Crippen molar-refractivity contribution >= 4 is 107 Å². The molecule has 16 rings (SSSR count). The second-order valence-electron chi connectivity index (χ2n) is 23.5. The van der Waals surface area contributed by atoms with E-state index < -0.39 is 0 Å². The number of ketones is 7. The van der Waals surface area contributed by atoms with Crippen molar-refractivity contribution in [2.75, 3.05) is 0 Å². The molecule has 12 nitrogen and oxygen atoms in total. The SMILES string of the molecule is CC(=O)c1ccc(-c2ccc(C)cc2)cc1.CC(=O)c1ccc2c(c1)-c1ccsc1C2=O.CC(=O)c1cccc2c1-c1ccccc1C2=O.CC(=O)c1sc2sccc2c1Cl.Cc1cccc(-c2cccnc2)c1.O=C(Cc1ccccc1)c1ccc(O)cc1.OCc1ccc2nc[nH]c2c1. The van der Waals surface area contributed by atoms with Gasteiger partial charge in [0.15, 0.2) is 34.7 Å². The number of carbonyl (C=O) groups excluding carboxylic acids is 7. The van der Waals surface area contributed by atoms with Gasteiger partial charge in [0.25, 0.3) is 0 Å². The third-order valence-corrected chi connectivity index (χ3v) is 20.1. The molecule has 0 unspecified atom stereocenters. The zero-order valence-electron chi connectivity index (χ0n) is 56.0. The first kappa shape index (κ1) is 72.4. The Morgan fingerprint density at radius 2 is 1.13 bits per heavy atom. The number of aliphatic hydroxyl groups is 1. The molecule has 0 saturated heterocycles. The smallest absolute Gasteiger partial charge is 0.204 e. The molecule has 0 fully saturated rings. The van der Waals surface area contributed by atoms with Crippen LogP contribution < -0.4 is 0 Å². The molecule has 2 aliphatic rings. The molecule has 0 atom stereocenters. The number of nitrogens with one attached hydrogen (secondary N) is 1. The van der Waals surface area contributed by atoms with Gasteiger partial charge < -0.3 is 15.2 Å². The molecule has 0 radical (unpaired) electrons. The first-order valence-corrected chi connectivity index (χ1v) is 35.0. The van der Waals surface area contributed by atoms with Gasteiger partial charge in [0.1, 0.15) is 5.75 Å². The Hall–Kier alpha value is -11.3. The average Bonchev–Trinajstić information content (AvgIpc) is 1.62.